The van der Waals surface area contributed by atoms with Gasteiger partial charge in [-0.3, -0.25) is 0 Å². The third kappa shape index (κ3) is 4.21. The number of nitrogens with zero attached hydrogens (tertiary/aromatic N) is 3. The van der Waals surface area contributed by atoms with Gasteiger partial charge in [-0.1, -0.05) is 127 Å². The zero-order chi connectivity index (χ0) is 28.0. The lowest BCUT2D eigenvalue weighted by Crippen LogP contribution is -2.00. The predicted molar refractivity (Wildman–Crippen MR) is 171 cm³/mol. The summed E-state index contributed by atoms with van der Waals surface area (Å²) in [7, 11) is 0. The molecule has 0 saturated carbocycles. The third-order valence-corrected chi connectivity index (χ3v) is 7.91. The molecule has 0 fully saturated rings. The summed E-state index contributed by atoms with van der Waals surface area (Å²) >= 11 is 6.51. The first-order chi connectivity index (χ1) is 20.7. The SMILES string of the molecule is Clc1cccc2c1oc1cccc(-c3nc(-c4ccc(-c5ccccc5)cc4)nc(-c4ccc5ccccc5c4)n3)c12. The van der Waals surface area contributed by atoms with Crippen molar-refractivity contribution in [2.75, 3.05) is 0 Å². The van der Waals surface area contributed by atoms with Crippen molar-refractivity contribution >= 4 is 44.3 Å². The van der Waals surface area contributed by atoms with E-state index in [9.17, 15) is 0 Å². The Bertz CT molecular complexity index is 2260. The van der Waals surface area contributed by atoms with Gasteiger partial charge in [-0.25, -0.2) is 15.0 Å². The standard InChI is InChI=1S/C37H22ClN3O/c38-31-14-6-12-29-33-30(13-7-15-32(33)42-34(29)31)37-40-35(26-19-16-25(17-20-26)23-8-2-1-3-9-23)39-36(41-37)28-21-18-24-10-4-5-11-27(24)22-28/h1-22H. The highest BCUT2D eigenvalue weighted by molar-refractivity contribution is 6.36. The van der Waals surface area contributed by atoms with Crippen molar-refractivity contribution in [1.82, 2.24) is 15.0 Å². The molecule has 8 rings (SSSR count). The van der Waals surface area contributed by atoms with Crippen molar-refractivity contribution in [3.8, 4) is 45.3 Å². The highest BCUT2D eigenvalue weighted by Gasteiger charge is 2.19. The quantitative estimate of drug-likeness (QED) is 0.215. The summed E-state index contributed by atoms with van der Waals surface area (Å²) in [5, 5.41) is 4.72. The van der Waals surface area contributed by atoms with Crippen molar-refractivity contribution in [3.05, 3.63) is 138 Å². The minimum Gasteiger partial charge on any atom is -0.454 e. The molecule has 0 atom stereocenters. The Morgan fingerprint density at radius 1 is 0.476 bits per heavy atom. The van der Waals surface area contributed by atoms with Crippen molar-refractivity contribution in [1.29, 1.82) is 0 Å². The Morgan fingerprint density at radius 2 is 1.12 bits per heavy atom. The van der Waals surface area contributed by atoms with Crippen LogP contribution in [0.25, 0.3) is 78.0 Å². The molecule has 4 nitrogen and oxygen atoms in total. The van der Waals surface area contributed by atoms with Gasteiger partial charge in [0.25, 0.3) is 0 Å². The number of rotatable bonds is 4. The molecule has 0 amide bonds. The monoisotopic (exact) mass is 559 g/mol. The molecule has 0 unspecified atom stereocenters. The van der Waals surface area contributed by atoms with Crippen molar-refractivity contribution in [3.63, 3.8) is 0 Å². The Hall–Kier alpha value is -5.32. The van der Waals surface area contributed by atoms with Crippen LogP contribution in [0.4, 0.5) is 0 Å². The highest BCUT2D eigenvalue weighted by atomic mass is 35.5. The summed E-state index contributed by atoms with van der Waals surface area (Å²) in [6.45, 7) is 0. The zero-order valence-electron chi connectivity index (χ0n) is 22.3. The van der Waals surface area contributed by atoms with Crippen LogP contribution < -0.4 is 0 Å². The van der Waals surface area contributed by atoms with Crippen LogP contribution in [-0.4, -0.2) is 15.0 Å². The van der Waals surface area contributed by atoms with Gasteiger partial charge in [-0.15, -0.1) is 0 Å². The Labute approximate surface area is 246 Å². The fourth-order valence-electron chi connectivity index (χ4n) is 5.53. The zero-order valence-corrected chi connectivity index (χ0v) is 23.1. The summed E-state index contributed by atoms with van der Waals surface area (Å²) in [6, 6.07) is 45.0. The van der Waals surface area contributed by atoms with E-state index in [2.05, 4.69) is 66.7 Å². The fraction of sp³-hybridized carbons (Fsp3) is 0. The summed E-state index contributed by atoms with van der Waals surface area (Å²) in [5.41, 5.74) is 6.38. The Kier molecular flexibility index (Phi) is 5.80. The molecule has 0 saturated heterocycles. The normalized spacial score (nSPS) is 11.5. The van der Waals surface area contributed by atoms with Crippen molar-refractivity contribution in [2.24, 2.45) is 0 Å². The second-order valence-corrected chi connectivity index (χ2v) is 10.6. The summed E-state index contributed by atoms with van der Waals surface area (Å²) in [4.78, 5) is 15.0. The number of para-hydroxylation sites is 1. The van der Waals surface area contributed by atoms with E-state index in [1.54, 1.807) is 0 Å². The molecule has 0 radical (unpaired) electrons. The van der Waals surface area contributed by atoms with E-state index < -0.39 is 0 Å². The van der Waals surface area contributed by atoms with Gasteiger partial charge in [0.15, 0.2) is 23.1 Å². The van der Waals surface area contributed by atoms with Crippen LogP contribution in [0.1, 0.15) is 0 Å². The number of aromatic nitrogens is 3. The van der Waals surface area contributed by atoms with Gasteiger partial charge in [0.2, 0.25) is 0 Å². The lowest BCUT2D eigenvalue weighted by Gasteiger charge is -2.10. The van der Waals surface area contributed by atoms with Gasteiger partial charge in [-0.2, -0.15) is 0 Å². The Balaban J connectivity index is 1.34. The van der Waals surface area contributed by atoms with Crippen LogP contribution in [-0.2, 0) is 0 Å². The highest BCUT2D eigenvalue weighted by Crippen LogP contribution is 2.39. The van der Waals surface area contributed by atoms with Crippen LogP contribution >= 0.6 is 11.6 Å². The maximum atomic E-state index is 6.51. The molecular formula is C37H22ClN3O. The first-order valence-corrected chi connectivity index (χ1v) is 14.1. The van der Waals surface area contributed by atoms with Crippen molar-refractivity contribution in [2.45, 2.75) is 0 Å². The summed E-state index contributed by atoms with van der Waals surface area (Å²) in [5.74, 6) is 1.78. The number of hydrogen-bond acceptors (Lipinski definition) is 4. The van der Waals surface area contributed by atoms with E-state index >= 15 is 0 Å². The predicted octanol–water partition coefficient (Wildman–Crippen LogP) is 10.2. The molecule has 42 heavy (non-hydrogen) atoms. The van der Waals surface area contributed by atoms with E-state index in [4.69, 9.17) is 31.0 Å². The number of benzene rings is 6. The van der Waals surface area contributed by atoms with E-state index in [1.807, 2.05) is 66.7 Å². The van der Waals surface area contributed by atoms with E-state index in [0.717, 1.165) is 49.6 Å². The van der Waals surface area contributed by atoms with Gasteiger partial charge in [-0.05, 0) is 40.1 Å². The fourth-order valence-corrected chi connectivity index (χ4v) is 5.74. The van der Waals surface area contributed by atoms with Gasteiger partial charge >= 0.3 is 0 Å². The number of fused-ring (bicyclic) bond motifs is 4. The molecule has 0 spiro atoms. The second-order valence-electron chi connectivity index (χ2n) is 10.2. The first-order valence-electron chi connectivity index (χ1n) is 13.7. The Morgan fingerprint density at radius 3 is 1.95 bits per heavy atom. The topological polar surface area (TPSA) is 51.8 Å². The smallest absolute Gasteiger partial charge is 0.164 e. The van der Waals surface area contributed by atoms with E-state index in [0.29, 0.717) is 28.1 Å². The first kappa shape index (κ1) is 24.5. The molecule has 198 valence electrons. The van der Waals surface area contributed by atoms with Crippen LogP contribution in [0, 0.1) is 0 Å². The molecular weight excluding hydrogens is 538 g/mol. The van der Waals surface area contributed by atoms with Gasteiger partial charge in [0, 0.05) is 27.5 Å². The molecule has 0 aliphatic rings. The van der Waals surface area contributed by atoms with Crippen molar-refractivity contribution < 1.29 is 4.42 Å². The van der Waals surface area contributed by atoms with Gasteiger partial charge < -0.3 is 4.42 Å². The molecule has 6 aromatic carbocycles. The number of furan rings is 1. The maximum Gasteiger partial charge on any atom is 0.164 e. The molecule has 5 heteroatoms. The molecule has 0 aliphatic carbocycles. The van der Waals surface area contributed by atoms with Gasteiger partial charge in [0.1, 0.15) is 5.58 Å². The van der Waals surface area contributed by atoms with Gasteiger partial charge in [0.05, 0.1) is 5.02 Å². The number of halogens is 1. The lowest BCUT2D eigenvalue weighted by molar-refractivity contribution is 0.669. The van der Waals surface area contributed by atoms with E-state index in [-0.39, 0.29) is 0 Å². The minimum absolute atomic E-state index is 0.571. The molecule has 0 aliphatic heterocycles. The molecule has 8 aromatic rings. The third-order valence-electron chi connectivity index (χ3n) is 7.61. The molecule has 0 N–H and O–H groups in total. The lowest BCUT2D eigenvalue weighted by atomic mass is 10.0. The average molecular weight is 560 g/mol. The van der Waals surface area contributed by atoms with Crippen LogP contribution in [0.5, 0.6) is 0 Å². The molecule has 2 heterocycles. The van der Waals surface area contributed by atoms with Crippen LogP contribution in [0.3, 0.4) is 0 Å². The summed E-state index contributed by atoms with van der Waals surface area (Å²) in [6.07, 6.45) is 0. The molecule has 2 aromatic heterocycles. The van der Waals surface area contributed by atoms with E-state index in [1.165, 1.54) is 5.39 Å². The molecule has 0 bridgehead atoms. The maximum absolute atomic E-state index is 6.51. The number of hydrogen-bond donors (Lipinski definition) is 0. The summed E-state index contributed by atoms with van der Waals surface area (Å²) < 4.78 is 6.18. The minimum atomic E-state index is 0.571. The second kappa shape index (κ2) is 9.95. The average Bonchev–Trinajstić information content (AvgIpc) is 3.45. The largest absolute Gasteiger partial charge is 0.454 e. The van der Waals surface area contributed by atoms with Crippen LogP contribution in [0.2, 0.25) is 5.02 Å². The van der Waals surface area contributed by atoms with Crippen LogP contribution in [0.15, 0.2) is 138 Å².